The number of unbranched alkanes of at least 4 members (excludes halogenated alkanes) is 2. The van der Waals surface area contributed by atoms with Crippen LogP contribution in [-0.2, 0) is 23.1 Å². The van der Waals surface area contributed by atoms with Crippen LogP contribution in [0.1, 0.15) is 87.5 Å². The summed E-state index contributed by atoms with van der Waals surface area (Å²) in [5.41, 5.74) is 1.21. The largest absolute Gasteiger partial charge is 0.417 e. The summed E-state index contributed by atoms with van der Waals surface area (Å²) in [5.74, 6) is 0.459. The molecule has 0 bridgehead atoms. The summed E-state index contributed by atoms with van der Waals surface area (Å²) >= 11 is 0. The molecule has 0 radical (unpaired) electrons. The molecule has 0 aliphatic carbocycles. The molecule has 1 heterocycles. The smallest absolute Gasteiger partial charge is 0.261 e. The minimum atomic E-state index is -2.60. The van der Waals surface area contributed by atoms with E-state index in [4.69, 9.17) is 23.1 Å². The zero-order chi connectivity index (χ0) is 35.4. The molecule has 268 valence electrons. The van der Waals surface area contributed by atoms with Gasteiger partial charge in [-0.2, -0.15) is 0 Å². The van der Waals surface area contributed by atoms with E-state index in [0.717, 1.165) is 25.9 Å². The van der Waals surface area contributed by atoms with E-state index in [1.807, 2.05) is 0 Å². The van der Waals surface area contributed by atoms with Crippen LogP contribution in [0.4, 0.5) is 0 Å². The molecular weight excluding hydrogens is 629 g/mol. The minimum Gasteiger partial charge on any atom is -0.417 e. The van der Waals surface area contributed by atoms with Gasteiger partial charge in [0.15, 0.2) is 8.32 Å². The maximum Gasteiger partial charge on any atom is 0.261 e. The molecule has 48 heavy (non-hydrogen) atoms. The molecule has 1 aliphatic heterocycles. The molecule has 0 aromatic heterocycles. The van der Waals surface area contributed by atoms with Crippen molar-refractivity contribution in [3.8, 4) is 0 Å². The van der Waals surface area contributed by atoms with Crippen molar-refractivity contribution in [1.82, 2.24) is 0 Å². The zero-order valence-corrected chi connectivity index (χ0v) is 34.0. The second-order valence-corrected chi connectivity index (χ2v) is 25.3. The first-order valence-electron chi connectivity index (χ1n) is 18.1. The van der Waals surface area contributed by atoms with Gasteiger partial charge >= 0.3 is 0 Å². The summed E-state index contributed by atoms with van der Waals surface area (Å²) < 4.78 is 31.7. The van der Waals surface area contributed by atoms with Gasteiger partial charge in [-0.3, -0.25) is 0 Å². The summed E-state index contributed by atoms with van der Waals surface area (Å²) in [6, 6.07) is 21.7. The molecule has 0 amide bonds. The second kappa shape index (κ2) is 18.4. The maximum absolute atomic E-state index is 7.18. The van der Waals surface area contributed by atoms with Crippen LogP contribution in [0.5, 0.6) is 0 Å². The third kappa shape index (κ3) is 11.1. The molecular formula is C41H66O5Si2. The average Bonchev–Trinajstić information content (AvgIpc) is 3.03. The summed E-state index contributed by atoms with van der Waals surface area (Å²) in [6.45, 7) is 24.8. The van der Waals surface area contributed by atoms with E-state index >= 15 is 0 Å². The van der Waals surface area contributed by atoms with Gasteiger partial charge in [-0.05, 0) is 71.2 Å². The minimum absolute atomic E-state index is 0.0600. The number of hydrogen-bond donors (Lipinski definition) is 0. The van der Waals surface area contributed by atoms with Crippen molar-refractivity contribution < 1.29 is 23.1 Å². The summed E-state index contributed by atoms with van der Waals surface area (Å²) in [7, 11) is -2.60. The molecule has 0 unspecified atom stereocenters. The molecule has 2 aromatic rings. The number of benzene rings is 2. The van der Waals surface area contributed by atoms with Gasteiger partial charge in [-0.25, -0.2) is 0 Å². The van der Waals surface area contributed by atoms with Crippen LogP contribution in [0.25, 0.3) is 0 Å². The first-order chi connectivity index (χ1) is 22.6. The summed E-state index contributed by atoms with van der Waals surface area (Å²) in [4.78, 5) is 0. The number of allylic oxidation sites excluding steroid dienone is 1. The number of methoxy groups -OCH3 is 1. The molecule has 0 saturated carbocycles. The molecule has 2 aromatic carbocycles. The lowest BCUT2D eigenvalue weighted by Crippen LogP contribution is -2.66. The first kappa shape index (κ1) is 40.6. The Kier molecular flexibility index (Phi) is 15.6. The third-order valence-corrected chi connectivity index (χ3v) is 19.8. The van der Waals surface area contributed by atoms with Crippen molar-refractivity contribution in [2.45, 2.75) is 129 Å². The van der Waals surface area contributed by atoms with E-state index in [2.05, 4.69) is 147 Å². The van der Waals surface area contributed by atoms with Gasteiger partial charge < -0.3 is 23.1 Å². The highest BCUT2D eigenvalue weighted by Gasteiger charge is 2.50. The van der Waals surface area contributed by atoms with Gasteiger partial charge in [0, 0.05) is 20.3 Å². The molecule has 4 atom stereocenters. The van der Waals surface area contributed by atoms with Gasteiger partial charge in [0.25, 0.3) is 8.32 Å². The second-order valence-electron chi connectivity index (χ2n) is 16.2. The fourth-order valence-electron chi connectivity index (χ4n) is 6.47. The topological polar surface area (TPSA) is 46.2 Å². The molecule has 0 saturated heterocycles. The highest BCUT2D eigenvalue weighted by atomic mass is 28.4. The van der Waals surface area contributed by atoms with Crippen LogP contribution in [0.2, 0.25) is 23.2 Å². The average molecular weight is 695 g/mol. The van der Waals surface area contributed by atoms with Crippen molar-refractivity contribution in [3.05, 3.63) is 84.5 Å². The highest BCUT2D eigenvalue weighted by Crippen LogP contribution is 2.38. The van der Waals surface area contributed by atoms with Crippen molar-refractivity contribution in [1.29, 1.82) is 0 Å². The van der Waals surface area contributed by atoms with Crippen LogP contribution in [0, 0.1) is 5.92 Å². The van der Waals surface area contributed by atoms with Gasteiger partial charge in [0.05, 0.1) is 6.10 Å². The van der Waals surface area contributed by atoms with Crippen LogP contribution in [0.3, 0.4) is 0 Å². The third-order valence-electron chi connectivity index (χ3n) is 10.2. The fraction of sp³-hybridized carbons (Fsp3) is 0.610. The molecule has 0 N–H and O–H groups in total. The van der Waals surface area contributed by atoms with Gasteiger partial charge in [-0.15, -0.1) is 0 Å². The van der Waals surface area contributed by atoms with Crippen molar-refractivity contribution in [2.24, 2.45) is 5.92 Å². The Balaban J connectivity index is 1.65. The van der Waals surface area contributed by atoms with Gasteiger partial charge in [0.1, 0.15) is 19.0 Å². The van der Waals surface area contributed by atoms with Crippen LogP contribution in [-0.4, -0.2) is 62.1 Å². The lowest BCUT2D eigenvalue weighted by Gasteiger charge is -2.43. The van der Waals surface area contributed by atoms with Crippen LogP contribution in [0.15, 0.2) is 84.5 Å². The van der Waals surface area contributed by atoms with Gasteiger partial charge in [0.2, 0.25) is 0 Å². The van der Waals surface area contributed by atoms with E-state index in [0.29, 0.717) is 12.5 Å². The van der Waals surface area contributed by atoms with E-state index in [1.165, 1.54) is 28.8 Å². The lowest BCUT2D eigenvalue weighted by molar-refractivity contribution is -0.118. The number of hydrogen-bond acceptors (Lipinski definition) is 5. The van der Waals surface area contributed by atoms with Crippen molar-refractivity contribution in [2.75, 3.05) is 27.1 Å². The number of ether oxygens (including phenoxy) is 3. The molecule has 7 heteroatoms. The first-order valence-corrected chi connectivity index (χ1v) is 23.0. The van der Waals surface area contributed by atoms with E-state index in [9.17, 15) is 0 Å². The summed E-state index contributed by atoms with van der Waals surface area (Å²) in [6.07, 6.45) is 11.7. The quantitative estimate of drug-likeness (QED) is 0.0674. The molecule has 0 fully saturated rings. The predicted octanol–water partition coefficient (Wildman–Crippen LogP) is 9.43. The molecule has 1 aliphatic rings. The van der Waals surface area contributed by atoms with Crippen LogP contribution < -0.4 is 10.4 Å². The monoisotopic (exact) mass is 694 g/mol. The maximum atomic E-state index is 7.18. The number of rotatable bonds is 18. The van der Waals surface area contributed by atoms with E-state index in [-0.39, 0.29) is 35.2 Å². The summed E-state index contributed by atoms with van der Waals surface area (Å²) in [5, 5.41) is 2.80. The normalized spacial score (nSPS) is 20.2. The Morgan fingerprint density at radius 3 is 1.96 bits per heavy atom. The molecule has 0 spiro atoms. The Labute approximate surface area is 295 Å². The van der Waals surface area contributed by atoms with E-state index in [1.54, 1.807) is 7.11 Å². The Hall–Kier alpha value is -1.85. The van der Waals surface area contributed by atoms with Crippen LogP contribution >= 0.6 is 0 Å². The Bertz CT molecular complexity index is 1220. The zero-order valence-electron chi connectivity index (χ0n) is 32.0. The Morgan fingerprint density at radius 2 is 1.42 bits per heavy atom. The Morgan fingerprint density at radius 1 is 0.812 bits per heavy atom. The van der Waals surface area contributed by atoms with E-state index < -0.39 is 16.6 Å². The van der Waals surface area contributed by atoms with Gasteiger partial charge in [-0.1, -0.05) is 140 Å². The highest BCUT2D eigenvalue weighted by molar-refractivity contribution is 6.99. The fourth-order valence-corrected chi connectivity index (χ4v) is 12.1. The van der Waals surface area contributed by atoms with Crippen molar-refractivity contribution in [3.63, 3.8) is 0 Å². The standard InChI is InChI=1S/C41H66O5Si2/c1-33(21-15-14-20-29-44-47(10,11)40(3,4)5)31-34(2)39-38(43-32-42-9)27-26-35(46-39)28-30-45-48(41(6,7)8,36-22-16-12-17-23-36)37-24-18-13-19-25-37/h12-13,16-19,22-27,31,33,35,38-39H,14-15,20-21,28-30,32H2,1-11H3/b34-31+/t33-,35-,38+,39+/m1/s1. The van der Waals surface area contributed by atoms with Crippen molar-refractivity contribution >= 4 is 27.0 Å². The lowest BCUT2D eigenvalue weighted by atomic mass is 9.95. The molecule has 3 rings (SSSR count). The predicted molar refractivity (Wildman–Crippen MR) is 207 cm³/mol. The SMILES string of the molecule is COCO[C@H]1C=C[C@H](CCO[Si](c2ccccc2)(c2ccccc2)C(C)(C)C)O[C@H]1/C(C)=C/[C@H](C)CCCCCO[Si](C)(C)C(C)(C)C. The molecule has 5 nitrogen and oxygen atoms in total.